The number of rotatable bonds is 5. The Morgan fingerprint density at radius 1 is 1.22 bits per heavy atom. The van der Waals surface area contributed by atoms with Crippen LogP contribution in [0.15, 0.2) is 52.0 Å². The van der Waals surface area contributed by atoms with Crippen molar-refractivity contribution in [3.63, 3.8) is 0 Å². The lowest BCUT2D eigenvalue weighted by Gasteiger charge is -2.36. The van der Waals surface area contributed by atoms with E-state index >= 15 is 0 Å². The molecule has 1 aliphatic rings. The first-order valence-electron chi connectivity index (χ1n) is 8.61. The topological polar surface area (TPSA) is 56.9 Å². The molecular weight excluding hydrogens is 429 g/mol. The number of piperazine rings is 1. The van der Waals surface area contributed by atoms with Crippen LogP contribution in [0.1, 0.15) is 11.1 Å². The molecule has 0 radical (unpaired) electrons. The maximum absolute atomic E-state index is 13.8. The Hall–Kier alpha value is -2.03. The van der Waals surface area contributed by atoms with Gasteiger partial charge in [-0.2, -0.15) is 5.10 Å². The highest BCUT2D eigenvalue weighted by molar-refractivity contribution is 9.10. The summed E-state index contributed by atoms with van der Waals surface area (Å²) in [6.45, 7) is 4.21. The minimum absolute atomic E-state index is 0.134. The van der Waals surface area contributed by atoms with Gasteiger partial charge in [-0.1, -0.05) is 24.3 Å². The number of hydrazone groups is 1. The molecule has 1 saturated heterocycles. The van der Waals surface area contributed by atoms with Crippen LogP contribution < -0.4 is 16.1 Å². The van der Waals surface area contributed by atoms with Crippen LogP contribution in [0.3, 0.4) is 0 Å². The predicted molar refractivity (Wildman–Crippen MR) is 116 cm³/mol. The fourth-order valence-corrected chi connectivity index (χ4v) is 3.74. The lowest BCUT2D eigenvalue weighted by molar-refractivity contribution is 0.246. The van der Waals surface area contributed by atoms with Crippen LogP contribution in [-0.2, 0) is 6.54 Å². The fraction of sp³-hybridized carbons (Fsp3) is 0.263. The molecule has 3 rings (SSSR count). The molecule has 1 heterocycles. The molecule has 27 heavy (non-hydrogen) atoms. The molecule has 0 atom stereocenters. The van der Waals surface area contributed by atoms with Gasteiger partial charge in [0.1, 0.15) is 5.82 Å². The molecule has 1 fully saturated rings. The largest absolute Gasteiger partial charge is 0.375 e. The van der Waals surface area contributed by atoms with Gasteiger partial charge in [0, 0.05) is 42.8 Å². The van der Waals surface area contributed by atoms with Crippen molar-refractivity contribution in [3.8, 4) is 0 Å². The van der Waals surface area contributed by atoms with Gasteiger partial charge in [-0.25, -0.2) is 4.39 Å². The van der Waals surface area contributed by atoms with Gasteiger partial charge in [0.2, 0.25) is 0 Å². The Kier molecular flexibility index (Phi) is 6.76. The van der Waals surface area contributed by atoms with E-state index in [1.807, 2.05) is 24.3 Å². The van der Waals surface area contributed by atoms with Crippen molar-refractivity contribution in [3.05, 3.63) is 63.9 Å². The summed E-state index contributed by atoms with van der Waals surface area (Å²) in [5, 5.41) is 4.10. The van der Waals surface area contributed by atoms with Crippen molar-refractivity contribution >= 4 is 45.2 Å². The molecule has 0 unspecified atom stereocenters. The summed E-state index contributed by atoms with van der Waals surface area (Å²) in [7, 11) is 0. The van der Waals surface area contributed by atoms with Crippen molar-refractivity contribution in [2.45, 2.75) is 6.54 Å². The molecule has 0 saturated carbocycles. The summed E-state index contributed by atoms with van der Waals surface area (Å²) in [5.41, 5.74) is 10.7. The highest BCUT2D eigenvalue weighted by Gasteiger charge is 2.19. The molecule has 0 spiro atoms. The quantitative estimate of drug-likeness (QED) is 0.417. The zero-order chi connectivity index (χ0) is 19.2. The Morgan fingerprint density at radius 3 is 2.63 bits per heavy atom. The Bertz CT molecular complexity index is 837. The number of nitrogens with zero attached hydrogens (tertiary/aromatic N) is 3. The van der Waals surface area contributed by atoms with Crippen LogP contribution in [0, 0.1) is 5.82 Å². The van der Waals surface area contributed by atoms with Crippen molar-refractivity contribution in [1.29, 1.82) is 0 Å². The first-order valence-corrected chi connectivity index (χ1v) is 9.82. The lowest BCUT2D eigenvalue weighted by Crippen LogP contribution is -2.46. The van der Waals surface area contributed by atoms with Gasteiger partial charge in [0.15, 0.2) is 5.11 Å². The van der Waals surface area contributed by atoms with Crippen LogP contribution in [-0.4, -0.2) is 42.4 Å². The lowest BCUT2D eigenvalue weighted by atomic mass is 10.1. The van der Waals surface area contributed by atoms with Crippen molar-refractivity contribution in [2.75, 3.05) is 31.1 Å². The van der Waals surface area contributed by atoms with Gasteiger partial charge in [-0.3, -0.25) is 10.3 Å². The first kappa shape index (κ1) is 19.7. The molecule has 142 valence electrons. The summed E-state index contributed by atoms with van der Waals surface area (Å²) in [6.07, 6.45) is 1.67. The SMILES string of the molecule is NC(=S)NN=Cc1ccc(N2CCN(Cc3ccccc3F)CC2)c(Br)c1. The summed E-state index contributed by atoms with van der Waals surface area (Å²) in [6, 6.07) is 13.0. The van der Waals surface area contributed by atoms with Crippen LogP contribution in [0.4, 0.5) is 10.1 Å². The number of thiocarbonyl (C=S) groups is 1. The normalized spacial score (nSPS) is 15.3. The smallest absolute Gasteiger partial charge is 0.184 e. The number of benzene rings is 2. The highest BCUT2D eigenvalue weighted by Crippen LogP contribution is 2.28. The van der Waals surface area contributed by atoms with Gasteiger partial charge in [-0.15, -0.1) is 0 Å². The Labute approximate surface area is 172 Å². The number of halogens is 2. The average Bonchev–Trinajstić information content (AvgIpc) is 2.64. The summed E-state index contributed by atoms with van der Waals surface area (Å²) < 4.78 is 14.8. The average molecular weight is 450 g/mol. The number of hydrogen-bond acceptors (Lipinski definition) is 4. The molecule has 5 nitrogen and oxygen atoms in total. The second kappa shape index (κ2) is 9.25. The molecule has 2 aromatic rings. The van der Waals surface area contributed by atoms with Gasteiger partial charge in [0.25, 0.3) is 0 Å². The van der Waals surface area contributed by atoms with E-state index < -0.39 is 0 Å². The third-order valence-corrected chi connectivity index (χ3v) is 5.15. The minimum atomic E-state index is -0.134. The molecule has 0 aliphatic carbocycles. The third kappa shape index (κ3) is 5.47. The molecule has 8 heteroatoms. The standard InChI is InChI=1S/C19H21BrFN5S/c20-16-11-14(12-23-24-19(22)27)5-6-18(16)26-9-7-25(8-10-26)13-15-3-1-2-4-17(15)21/h1-6,11-12H,7-10,13H2,(H3,22,24,27). The molecule has 3 N–H and O–H groups in total. The van der Waals surface area contributed by atoms with E-state index in [0.29, 0.717) is 6.54 Å². The van der Waals surface area contributed by atoms with Crippen LogP contribution in [0.25, 0.3) is 0 Å². The van der Waals surface area contributed by atoms with E-state index in [2.05, 4.69) is 42.3 Å². The highest BCUT2D eigenvalue weighted by atomic mass is 79.9. The van der Waals surface area contributed by atoms with Crippen molar-refractivity contribution in [1.82, 2.24) is 10.3 Å². The van der Waals surface area contributed by atoms with E-state index in [1.165, 1.54) is 6.07 Å². The second-order valence-electron chi connectivity index (χ2n) is 6.30. The predicted octanol–water partition coefficient (Wildman–Crippen LogP) is 3.08. The molecule has 0 bridgehead atoms. The summed E-state index contributed by atoms with van der Waals surface area (Å²) >= 11 is 8.36. The van der Waals surface area contributed by atoms with Gasteiger partial charge in [0.05, 0.1) is 11.9 Å². The van der Waals surface area contributed by atoms with E-state index in [0.717, 1.165) is 47.5 Å². The van der Waals surface area contributed by atoms with E-state index in [9.17, 15) is 4.39 Å². The zero-order valence-electron chi connectivity index (χ0n) is 14.7. The molecule has 1 aliphatic heterocycles. The Morgan fingerprint density at radius 2 is 1.96 bits per heavy atom. The molecular formula is C19H21BrFN5S. The number of nitrogens with one attached hydrogen (secondary N) is 1. The number of hydrogen-bond donors (Lipinski definition) is 2. The number of nitrogens with two attached hydrogens (primary N) is 1. The van der Waals surface area contributed by atoms with E-state index in [4.69, 9.17) is 18.0 Å². The van der Waals surface area contributed by atoms with Crippen molar-refractivity contribution in [2.24, 2.45) is 10.8 Å². The van der Waals surface area contributed by atoms with Gasteiger partial charge >= 0.3 is 0 Å². The van der Waals surface area contributed by atoms with Crippen molar-refractivity contribution < 1.29 is 4.39 Å². The van der Waals surface area contributed by atoms with Crippen LogP contribution in [0.5, 0.6) is 0 Å². The molecule has 0 aromatic heterocycles. The van der Waals surface area contributed by atoms with E-state index in [-0.39, 0.29) is 10.9 Å². The maximum Gasteiger partial charge on any atom is 0.184 e. The minimum Gasteiger partial charge on any atom is -0.375 e. The van der Waals surface area contributed by atoms with Gasteiger partial charge < -0.3 is 10.6 Å². The first-order chi connectivity index (χ1) is 13.0. The van der Waals surface area contributed by atoms with Crippen LogP contribution in [0.2, 0.25) is 0 Å². The monoisotopic (exact) mass is 449 g/mol. The second-order valence-corrected chi connectivity index (χ2v) is 7.59. The third-order valence-electron chi connectivity index (χ3n) is 4.42. The summed E-state index contributed by atoms with van der Waals surface area (Å²) in [4.78, 5) is 4.61. The molecule has 0 amide bonds. The van der Waals surface area contributed by atoms with Crippen LogP contribution >= 0.6 is 28.1 Å². The van der Waals surface area contributed by atoms with Gasteiger partial charge in [-0.05, 0) is 51.9 Å². The Balaban J connectivity index is 1.58. The molecule has 2 aromatic carbocycles. The maximum atomic E-state index is 13.8. The fourth-order valence-electron chi connectivity index (χ4n) is 3.04. The van der Waals surface area contributed by atoms with E-state index in [1.54, 1.807) is 12.3 Å². The summed E-state index contributed by atoms with van der Waals surface area (Å²) in [5.74, 6) is -0.134. The zero-order valence-corrected chi connectivity index (χ0v) is 17.1. The number of anilines is 1.